The van der Waals surface area contributed by atoms with Gasteiger partial charge in [0, 0.05) is 11.6 Å². The Bertz CT molecular complexity index is 533. The van der Waals surface area contributed by atoms with Crippen molar-refractivity contribution in [2.75, 3.05) is 0 Å². The van der Waals surface area contributed by atoms with Gasteiger partial charge in [0.05, 0.1) is 17.0 Å². The highest BCUT2D eigenvalue weighted by atomic mass is 35.5. The minimum Gasteiger partial charge on any atom is -0.506 e. The van der Waals surface area contributed by atoms with Crippen LogP contribution in [0.2, 0.25) is 5.02 Å². The molecule has 0 aliphatic heterocycles. The second-order valence-corrected chi connectivity index (χ2v) is 3.61. The summed E-state index contributed by atoms with van der Waals surface area (Å²) in [6.45, 7) is 0. The van der Waals surface area contributed by atoms with Gasteiger partial charge in [-0.05, 0) is 17.7 Å². The largest absolute Gasteiger partial charge is 0.506 e. The maximum atomic E-state index is 10.6. The first kappa shape index (κ1) is 9.86. The zero-order chi connectivity index (χ0) is 11.0. The quantitative estimate of drug-likeness (QED) is 0.733. The van der Waals surface area contributed by atoms with Gasteiger partial charge in [0.15, 0.2) is 0 Å². The number of fused-ring (bicyclic) bond motifs is 1. The molecule has 1 aromatic carbocycles. The number of aliphatic carboxylic acids is 1. The molecular weight excluding hydrogens is 218 g/mol. The highest BCUT2D eigenvalue weighted by Gasteiger charge is 2.12. The smallest absolute Gasteiger partial charge is 0.307 e. The molecule has 3 N–H and O–H groups in total. The normalized spacial score (nSPS) is 10.7. The van der Waals surface area contributed by atoms with Gasteiger partial charge in [-0.1, -0.05) is 11.6 Å². The number of carboxylic acids is 1. The highest BCUT2D eigenvalue weighted by molar-refractivity contribution is 6.36. The third kappa shape index (κ3) is 1.64. The van der Waals surface area contributed by atoms with E-state index >= 15 is 0 Å². The van der Waals surface area contributed by atoms with Gasteiger partial charge in [-0.3, -0.25) is 4.79 Å². The number of hydrogen-bond acceptors (Lipinski definition) is 2. The van der Waals surface area contributed by atoms with Crippen LogP contribution in [0.15, 0.2) is 18.3 Å². The summed E-state index contributed by atoms with van der Waals surface area (Å²) in [6.07, 6.45) is 1.42. The number of aromatic nitrogens is 1. The molecule has 1 heterocycles. The predicted octanol–water partition coefficient (Wildman–Crippen LogP) is 2.15. The molecule has 0 radical (unpaired) electrons. The molecule has 0 amide bonds. The van der Waals surface area contributed by atoms with E-state index in [9.17, 15) is 9.90 Å². The van der Waals surface area contributed by atoms with E-state index < -0.39 is 5.97 Å². The molecule has 0 saturated carbocycles. The van der Waals surface area contributed by atoms with Crippen molar-refractivity contribution < 1.29 is 15.0 Å². The van der Waals surface area contributed by atoms with Crippen molar-refractivity contribution >= 4 is 28.5 Å². The lowest BCUT2D eigenvalue weighted by atomic mass is 10.1. The van der Waals surface area contributed by atoms with Gasteiger partial charge in [0.2, 0.25) is 0 Å². The first-order valence-electron chi connectivity index (χ1n) is 4.29. The minimum absolute atomic E-state index is 0.0611. The molecule has 2 rings (SSSR count). The summed E-state index contributed by atoms with van der Waals surface area (Å²) >= 11 is 5.93. The molecule has 0 saturated heterocycles. The van der Waals surface area contributed by atoms with E-state index in [-0.39, 0.29) is 12.2 Å². The molecule has 0 aliphatic rings. The van der Waals surface area contributed by atoms with E-state index in [0.717, 1.165) is 0 Å². The molecule has 0 unspecified atom stereocenters. The Hall–Kier alpha value is -1.68. The molecule has 0 spiro atoms. The number of halogens is 1. The van der Waals surface area contributed by atoms with Gasteiger partial charge in [0.25, 0.3) is 0 Å². The predicted molar refractivity (Wildman–Crippen MR) is 56.3 cm³/mol. The SMILES string of the molecule is O=C(O)Cc1c[nH]c2c(O)ccc(Cl)c12. The molecule has 4 nitrogen and oxygen atoms in total. The van der Waals surface area contributed by atoms with E-state index in [2.05, 4.69) is 4.98 Å². The van der Waals surface area contributed by atoms with Gasteiger partial charge in [0.1, 0.15) is 5.75 Å². The maximum Gasteiger partial charge on any atom is 0.307 e. The standard InChI is InChI=1S/C10H8ClNO3/c11-6-1-2-7(13)10-9(6)5(4-12-10)3-8(14)15/h1-2,4,12-13H,3H2,(H,14,15). The Morgan fingerprint density at radius 1 is 1.47 bits per heavy atom. The number of nitrogens with one attached hydrogen (secondary N) is 1. The summed E-state index contributed by atoms with van der Waals surface area (Å²) < 4.78 is 0. The van der Waals surface area contributed by atoms with Crippen molar-refractivity contribution in [3.05, 3.63) is 28.9 Å². The van der Waals surface area contributed by atoms with Crippen LogP contribution in [-0.2, 0) is 11.2 Å². The second kappa shape index (κ2) is 3.47. The molecule has 0 fully saturated rings. The molecule has 0 bridgehead atoms. The third-order valence-electron chi connectivity index (χ3n) is 2.19. The molecule has 0 atom stereocenters. The van der Waals surface area contributed by atoms with Crippen LogP contribution >= 0.6 is 11.6 Å². The van der Waals surface area contributed by atoms with Gasteiger partial charge in [-0.2, -0.15) is 0 Å². The van der Waals surface area contributed by atoms with Gasteiger partial charge < -0.3 is 15.2 Å². The van der Waals surface area contributed by atoms with Crippen molar-refractivity contribution in [2.45, 2.75) is 6.42 Å². The lowest BCUT2D eigenvalue weighted by Crippen LogP contribution is -1.98. The average molecular weight is 226 g/mol. The summed E-state index contributed by atoms with van der Waals surface area (Å²) in [4.78, 5) is 13.4. The van der Waals surface area contributed by atoms with Crippen molar-refractivity contribution in [3.63, 3.8) is 0 Å². The number of aromatic amines is 1. The van der Waals surface area contributed by atoms with E-state index in [1.165, 1.54) is 6.07 Å². The average Bonchev–Trinajstić information content (AvgIpc) is 2.56. The van der Waals surface area contributed by atoms with Gasteiger partial charge in [-0.25, -0.2) is 0 Å². The Balaban J connectivity index is 2.67. The zero-order valence-electron chi connectivity index (χ0n) is 7.62. The molecule has 5 heteroatoms. The van der Waals surface area contributed by atoms with Crippen LogP contribution in [0, 0.1) is 0 Å². The van der Waals surface area contributed by atoms with Crippen LogP contribution in [0.1, 0.15) is 5.56 Å². The summed E-state index contributed by atoms with van der Waals surface area (Å²) in [7, 11) is 0. The molecular formula is C10H8ClNO3. The molecule has 15 heavy (non-hydrogen) atoms. The Morgan fingerprint density at radius 2 is 2.20 bits per heavy atom. The number of benzene rings is 1. The maximum absolute atomic E-state index is 10.6. The summed E-state index contributed by atoms with van der Waals surface area (Å²) in [5.41, 5.74) is 1.04. The number of aromatic hydroxyl groups is 1. The molecule has 78 valence electrons. The lowest BCUT2D eigenvalue weighted by Gasteiger charge is -1.99. The van der Waals surface area contributed by atoms with Gasteiger partial charge >= 0.3 is 5.97 Å². The minimum atomic E-state index is -0.935. The van der Waals surface area contributed by atoms with E-state index in [0.29, 0.717) is 21.5 Å². The Labute approximate surface area is 90.1 Å². The fraction of sp³-hybridized carbons (Fsp3) is 0.100. The number of carbonyl (C=O) groups is 1. The molecule has 2 aromatic rings. The van der Waals surface area contributed by atoms with Crippen LogP contribution in [0.25, 0.3) is 10.9 Å². The number of hydrogen-bond donors (Lipinski definition) is 3. The van der Waals surface area contributed by atoms with Crippen LogP contribution in [0.4, 0.5) is 0 Å². The zero-order valence-corrected chi connectivity index (χ0v) is 8.38. The fourth-order valence-electron chi connectivity index (χ4n) is 1.56. The summed E-state index contributed by atoms with van der Waals surface area (Å²) in [6, 6.07) is 3.00. The summed E-state index contributed by atoms with van der Waals surface area (Å²) in [5, 5.41) is 19.2. The number of phenolic OH excluding ortho intramolecular Hbond substituents is 1. The Kier molecular flexibility index (Phi) is 2.28. The number of H-pyrrole nitrogens is 1. The fourth-order valence-corrected chi connectivity index (χ4v) is 1.84. The summed E-state index contributed by atoms with van der Waals surface area (Å²) in [5.74, 6) is -0.874. The first-order valence-corrected chi connectivity index (χ1v) is 4.66. The lowest BCUT2D eigenvalue weighted by molar-refractivity contribution is -0.136. The van der Waals surface area contributed by atoms with Crippen LogP contribution < -0.4 is 0 Å². The Morgan fingerprint density at radius 3 is 2.87 bits per heavy atom. The monoisotopic (exact) mass is 225 g/mol. The van der Waals surface area contributed by atoms with Gasteiger partial charge in [-0.15, -0.1) is 0 Å². The van der Waals surface area contributed by atoms with Crippen molar-refractivity contribution in [1.29, 1.82) is 0 Å². The van der Waals surface area contributed by atoms with Crippen LogP contribution in [-0.4, -0.2) is 21.2 Å². The van der Waals surface area contributed by atoms with Crippen molar-refractivity contribution in [3.8, 4) is 5.75 Å². The third-order valence-corrected chi connectivity index (χ3v) is 2.50. The number of carboxylic acid groups (broad SMARTS) is 1. The van der Waals surface area contributed by atoms with E-state index in [1.54, 1.807) is 12.3 Å². The first-order chi connectivity index (χ1) is 7.09. The second-order valence-electron chi connectivity index (χ2n) is 3.20. The van der Waals surface area contributed by atoms with Crippen LogP contribution in [0.5, 0.6) is 5.75 Å². The van der Waals surface area contributed by atoms with Crippen LogP contribution in [0.3, 0.4) is 0 Å². The van der Waals surface area contributed by atoms with Crippen molar-refractivity contribution in [1.82, 2.24) is 4.98 Å². The number of phenols is 1. The molecule has 1 aromatic heterocycles. The van der Waals surface area contributed by atoms with Crippen molar-refractivity contribution in [2.24, 2.45) is 0 Å². The van der Waals surface area contributed by atoms with E-state index in [1.807, 2.05) is 0 Å². The highest BCUT2D eigenvalue weighted by Crippen LogP contribution is 2.32. The van der Waals surface area contributed by atoms with E-state index in [4.69, 9.17) is 16.7 Å². The molecule has 0 aliphatic carbocycles. The topological polar surface area (TPSA) is 73.3 Å². The number of rotatable bonds is 2.